The summed E-state index contributed by atoms with van der Waals surface area (Å²) < 4.78 is 10.5. The SMILES string of the molecule is C=CC(=O)OC1C=CC(c2ccc(OC(=O)c3ccc(O)cc3)cc2)=CC1. The number of allylic oxidation sites excluding steroid dienone is 2. The van der Waals surface area contributed by atoms with Crippen molar-refractivity contribution in [2.75, 3.05) is 0 Å². The van der Waals surface area contributed by atoms with Crippen LogP contribution in [0.3, 0.4) is 0 Å². The lowest BCUT2D eigenvalue weighted by atomic mass is 9.98. The van der Waals surface area contributed by atoms with Gasteiger partial charge < -0.3 is 14.6 Å². The summed E-state index contributed by atoms with van der Waals surface area (Å²) in [5.41, 5.74) is 2.32. The molecule has 5 heteroatoms. The Bertz CT molecular complexity index is 905. The van der Waals surface area contributed by atoms with E-state index in [0.29, 0.717) is 17.7 Å². The Morgan fingerprint density at radius 2 is 1.78 bits per heavy atom. The van der Waals surface area contributed by atoms with Gasteiger partial charge in [-0.05, 0) is 53.6 Å². The van der Waals surface area contributed by atoms with E-state index in [1.54, 1.807) is 12.1 Å². The Labute approximate surface area is 156 Å². The number of aromatic hydroxyl groups is 1. The van der Waals surface area contributed by atoms with E-state index in [4.69, 9.17) is 9.47 Å². The molecular weight excluding hydrogens is 344 g/mol. The number of ether oxygens (including phenoxy) is 2. The van der Waals surface area contributed by atoms with Crippen LogP contribution >= 0.6 is 0 Å². The van der Waals surface area contributed by atoms with Crippen molar-refractivity contribution in [1.29, 1.82) is 0 Å². The first-order chi connectivity index (χ1) is 13.0. The fourth-order valence-corrected chi connectivity index (χ4v) is 2.58. The number of carbonyl (C=O) groups is 2. The van der Waals surface area contributed by atoms with E-state index in [9.17, 15) is 14.7 Å². The molecule has 2 aromatic rings. The van der Waals surface area contributed by atoms with E-state index in [1.165, 1.54) is 24.3 Å². The second-order valence-electron chi connectivity index (χ2n) is 5.89. The lowest BCUT2D eigenvalue weighted by Gasteiger charge is -2.16. The zero-order valence-electron chi connectivity index (χ0n) is 14.5. The number of phenols is 1. The molecule has 0 saturated carbocycles. The molecule has 1 atom stereocenters. The zero-order chi connectivity index (χ0) is 19.2. The average molecular weight is 362 g/mol. The maximum atomic E-state index is 12.1. The van der Waals surface area contributed by atoms with Crippen molar-refractivity contribution in [3.8, 4) is 11.5 Å². The summed E-state index contributed by atoms with van der Waals surface area (Å²) in [6.45, 7) is 3.38. The van der Waals surface area contributed by atoms with E-state index < -0.39 is 11.9 Å². The van der Waals surface area contributed by atoms with E-state index in [1.807, 2.05) is 30.4 Å². The van der Waals surface area contributed by atoms with Gasteiger partial charge in [0, 0.05) is 12.5 Å². The van der Waals surface area contributed by atoms with Gasteiger partial charge in [0.15, 0.2) is 0 Å². The normalized spacial score (nSPS) is 15.6. The van der Waals surface area contributed by atoms with Gasteiger partial charge in [-0.3, -0.25) is 0 Å². The fourth-order valence-electron chi connectivity index (χ4n) is 2.58. The van der Waals surface area contributed by atoms with Gasteiger partial charge in [0.05, 0.1) is 5.56 Å². The van der Waals surface area contributed by atoms with Gasteiger partial charge in [-0.1, -0.05) is 30.9 Å². The van der Waals surface area contributed by atoms with E-state index in [-0.39, 0.29) is 11.9 Å². The molecule has 0 spiro atoms. The first-order valence-corrected chi connectivity index (χ1v) is 8.38. The highest BCUT2D eigenvalue weighted by molar-refractivity contribution is 5.91. The first-order valence-electron chi connectivity index (χ1n) is 8.38. The average Bonchev–Trinajstić information content (AvgIpc) is 2.69. The Morgan fingerprint density at radius 1 is 1.07 bits per heavy atom. The number of esters is 2. The van der Waals surface area contributed by atoms with Crippen molar-refractivity contribution >= 4 is 17.5 Å². The van der Waals surface area contributed by atoms with Crippen LogP contribution in [0, 0.1) is 0 Å². The first kappa shape index (κ1) is 18.2. The molecule has 1 aliphatic carbocycles. The van der Waals surface area contributed by atoms with Crippen LogP contribution in [0.25, 0.3) is 5.57 Å². The highest BCUT2D eigenvalue weighted by atomic mass is 16.5. The molecule has 0 radical (unpaired) electrons. The molecule has 1 aliphatic rings. The number of hydrogen-bond acceptors (Lipinski definition) is 5. The third kappa shape index (κ3) is 4.73. The summed E-state index contributed by atoms with van der Waals surface area (Å²) in [5, 5.41) is 9.26. The summed E-state index contributed by atoms with van der Waals surface area (Å²) in [5.74, 6) is -0.422. The smallest absolute Gasteiger partial charge is 0.343 e. The highest BCUT2D eigenvalue weighted by Gasteiger charge is 2.13. The lowest BCUT2D eigenvalue weighted by Crippen LogP contribution is -2.15. The number of hydrogen-bond donors (Lipinski definition) is 1. The lowest BCUT2D eigenvalue weighted by molar-refractivity contribution is -0.140. The van der Waals surface area contributed by atoms with Crippen LogP contribution in [0.2, 0.25) is 0 Å². The van der Waals surface area contributed by atoms with Gasteiger partial charge in [-0.2, -0.15) is 0 Å². The van der Waals surface area contributed by atoms with Crippen LogP contribution in [0.1, 0.15) is 22.3 Å². The minimum absolute atomic E-state index is 0.0891. The second kappa shape index (κ2) is 8.19. The summed E-state index contributed by atoms with van der Waals surface area (Å²) in [7, 11) is 0. The Balaban J connectivity index is 1.61. The van der Waals surface area contributed by atoms with Crippen LogP contribution in [-0.2, 0) is 9.53 Å². The van der Waals surface area contributed by atoms with Gasteiger partial charge in [-0.15, -0.1) is 0 Å². The van der Waals surface area contributed by atoms with Crippen molar-refractivity contribution < 1.29 is 24.2 Å². The molecule has 1 N–H and O–H groups in total. The van der Waals surface area contributed by atoms with Gasteiger partial charge in [0.2, 0.25) is 0 Å². The van der Waals surface area contributed by atoms with Crippen molar-refractivity contribution in [3.05, 3.63) is 90.5 Å². The van der Waals surface area contributed by atoms with Crippen molar-refractivity contribution in [3.63, 3.8) is 0 Å². The molecular formula is C22H18O5. The molecule has 0 aliphatic heterocycles. The van der Waals surface area contributed by atoms with E-state index >= 15 is 0 Å². The van der Waals surface area contributed by atoms with Crippen molar-refractivity contribution in [2.24, 2.45) is 0 Å². The molecule has 0 saturated heterocycles. The summed E-state index contributed by atoms with van der Waals surface area (Å²) >= 11 is 0. The molecule has 0 heterocycles. The molecule has 0 fully saturated rings. The number of carbonyl (C=O) groups excluding carboxylic acids is 2. The summed E-state index contributed by atoms with van der Waals surface area (Å²) in [4.78, 5) is 23.3. The van der Waals surface area contributed by atoms with Crippen LogP contribution in [0.5, 0.6) is 11.5 Å². The number of phenolic OH excluding ortho intramolecular Hbond substituents is 1. The molecule has 0 bridgehead atoms. The maximum Gasteiger partial charge on any atom is 0.343 e. The molecule has 27 heavy (non-hydrogen) atoms. The van der Waals surface area contributed by atoms with E-state index in [0.717, 1.165) is 17.2 Å². The highest BCUT2D eigenvalue weighted by Crippen LogP contribution is 2.25. The van der Waals surface area contributed by atoms with Crippen LogP contribution in [-0.4, -0.2) is 23.1 Å². The third-order valence-corrected chi connectivity index (χ3v) is 4.00. The van der Waals surface area contributed by atoms with Gasteiger partial charge >= 0.3 is 11.9 Å². The Kier molecular flexibility index (Phi) is 5.52. The second-order valence-corrected chi connectivity index (χ2v) is 5.89. The largest absolute Gasteiger partial charge is 0.508 e. The van der Waals surface area contributed by atoms with Crippen molar-refractivity contribution in [2.45, 2.75) is 12.5 Å². The topological polar surface area (TPSA) is 72.8 Å². The molecule has 1 unspecified atom stereocenters. The fraction of sp³-hybridized carbons (Fsp3) is 0.0909. The maximum absolute atomic E-state index is 12.1. The molecule has 5 nitrogen and oxygen atoms in total. The van der Waals surface area contributed by atoms with Gasteiger partial charge in [0.1, 0.15) is 17.6 Å². The summed E-state index contributed by atoms with van der Waals surface area (Å²) in [6.07, 6.45) is 7.15. The molecule has 136 valence electrons. The third-order valence-electron chi connectivity index (χ3n) is 4.00. The number of rotatable bonds is 5. The minimum Gasteiger partial charge on any atom is -0.508 e. The molecule has 2 aromatic carbocycles. The number of benzene rings is 2. The van der Waals surface area contributed by atoms with Crippen LogP contribution in [0.4, 0.5) is 0 Å². The minimum atomic E-state index is -0.494. The predicted molar refractivity (Wildman–Crippen MR) is 101 cm³/mol. The molecule has 0 aromatic heterocycles. The quantitative estimate of drug-likeness (QED) is 0.493. The Hall–Kier alpha value is -3.60. The molecule has 0 amide bonds. The van der Waals surface area contributed by atoms with Crippen molar-refractivity contribution in [1.82, 2.24) is 0 Å². The zero-order valence-corrected chi connectivity index (χ0v) is 14.5. The van der Waals surface area contributed by atoms with Gasteiger partial charge in [-0.25, -0.2) is 9.59 Å². The standard InChI is InChI=1S/C22H18O5/c1-2-21(24)26-19-11-5-15(6-12-19)16-7-13-20(14-8-16)27-22(25)17-3-9-18(23)10-4-17/h2-11,13-14,19,23H,1,12H2. The van der Waals surface area contributed by atoms with E-state index in [2.05, 4.69) is 6.58 Å². The monoisotopic (exact) mass is 362 g/mol. The van der Waals surface area contributed by atoms with Crippen LogP contribution in [0.15, 0.2) is 79.4 Å². The molecule has 3 rings (SSSR count). The van der Waals surface area contributed by atoms with Gasteiger partial charge in [0.25, 0.3) is 0 Å². The summed E-state index contributed by atoms with van der Waals surface area (Å²) in [6, 6.07) is 13.0. The van der Waals surface area contributed by atoms with Crippen LogP contribution < -0.4 is 4.74 Å². The predicted octanol–water partition coefficient (Wildman–Crippen LogP) is 4.05. The Morgan fingerprint density at radius 3 is 2.37 bits per heavy atom.